The first-order valence-corrected chi connectivity index (χ1v) is 8.63. The van der Waals surface area contributed by atoms with Gasteiger partial charge in [-0.25, -0.2) is 14.5 Å². The first kappa shape index (κ1) is 18.2. The predicted molar refractivity (Wildman–Crippen MR) is 104 cm³/mol. The van der Waals surface area contributed by atoms with Crippen LogP contribution in [0, 0.1) is 19.3 Å². The van der Waals surface area contributed by atoms with Crippen molar-refractivity contribution in [2.75, 3.05) is 6.54 Å². The lowest BCUT2D eigenvalue weighted by molar-refractivity contribution is 0.201. The number of aryl methyl sites for hydroxylation is 1. The lowest BCUT2D eigenvalue weighted by Gasteiger charge is -2.21. The third-order valence-corrected chi connectivity index (χ3v) is 4.08. The van der Waals surface area contributed by atoms with Gasteiger partial charge in [-0.2, -0.15) is 5.10 Å². The minimum Gasteiger partial charge on any atom is -0.334 e. The summed E-state index contributed by atoms with van der Waals surface area (Å²) in [5.74, 6) is 3.24. The van der Waals surface area contributed by atoms with Gasteiger partial charge in [0.15, 0.2) is 5.82 Å². The molecule has 0 spiro atoms. The van der Waals surface area contributed by atoms with E-state index in [1.165, 1.54) is 5.56 Å². The number of hydrogen-bond acceptors (Lipinski definition) is 3. The van der Waals surface area contributed by atoms with Crippen molar-refractivity contribution in [3.05, 3.63) is 77.7 Å². The average Bonchev–Trinajstić information content (AvgIpc) is 3.22. The molecule has 1 N–H and O–H groups in total. The second kappa shape index (κ2) is 8.68. The number of hydrogen-bond donors (Lipinski definition) is 1. The van der Waals surface area contributed by atoms with Crippen molar-refractivity contribution in [3.8, 4) is 18.2 Å². The number of nitrogens with zero attached hydrogens (tertiary/aromatic N) is 4. The molecule has 0 atom stereocenters. The Morgan fingerprint density at radius 1 is 1.22 bits per heavy atom. The molecule has 136 valence electrons. The van der Waals surface area contributed by atoms with E-state index in [9.17, 15) is 4.79 Å². The maximum Gasteiger partial charge on any atom is 0.318 e. The molecule has 0 unspecified atom stereocenters. The topological polar surface area (TPSA) is 63.1 Å². The summed E-state index contributed by atoms with van der Waals surface area (Å²) in [6.07, 6.45) is 10.6. The molecular formula is C21H21N5O. The molecule has 1 aromatic carbocycles. The smallest absolute Gasteiger partial charge is 0.318 e. The van der Waals surface area contributed by atoms with Crippen LogP contribution in [-0.2, 0) is 13.1 Å². The predicted octanol–water partition coefficient (Wildman–Crippen LogP) is 2.92. The molecule has 2 aromatic heterocycles. The van der Waals surface area contributed by atoms with Crippen molar-refractivity contribution in [1.29, 1.82) is 0 Å². The number of aromatic nitrogens is 3. The summed E-state index contributed by atoms with van der Waals surface area (Å²) in [7, 11) is 0. The van der Waals surface area contributed by atoms with E-state index in [1.54, 1.807) is 22.0 Å². The van der Waals surface area contributed by atoms with Crippen molar-refractivity contribution in [2.24, 2.45) is 0 Å². The fourth-order valence-electron chi connectivity index (χ4n) is 2.67. The van der Waals surface area contributed by atoms with Gasteiger partial charge in [0.1, 0.15) is 0 Å². The summed E-state index contributed by atoms with van der Waals surface area (Å²) >= 11 is 0. The van der Waals surface area contributed by atoms with Crippen molar-refractivity contribution in [1.82, 2.24) is 25.0 Å². The van der Waals surface area contributed by atoms with Crippen LogP contribution >= 0.6 is 0 Å². The lowest BCUT2D eigenvalue weighted by Crippen LogP contribution is -2.39. The summed E-state index contributed by atoms with van der Waals surface area (Å²) in [5, 5.41) is 7.13. The van der Waals surface area contributed by atoms with Gasteiger partial charge in [0, 0.05) is 37.2 Å². The van der Waals surface area contributed by atoms with Gasteiger partial charge in [0.05, 0.1) is 6.54 Å². The largest absolute Gasteiger partial charge is 0.334 e. The van der Waals surface area contributed by atoms with Crippen LogP contribution in [-0.4, -0.2) is 32.2 Å². The number of carbonyl (C=O) groups is 1. The van der Waals surface area contributed by atoms with Crippen LogP contribution in [0.15, 0.2) is 61.1 Å². The van der Waals surface area contributed by atoms with E-state index in [0.29, 0.717) is 18.9 Å². The van der Waals surface area contributed by atoms with Gasteiger partial charge in [-0.1, -0.05) is 41.8 Å². The fraction of sp³-hybridized carbons (Fsp3) is 0.190. The van der Waals surface area contributed by atoms with Crippen LogP contribution in [0.5, 0.6) is 0 Å². The van der Waals surface area contributed by atoms with Gasteiger partial charge in [-0.05, 0) is 24.6 Å². The zero-order valence-corrected chi connectivity index (χ0v) is 15.2. The van der Waals surface area contributed by atoms with Crippen LogP contribution in [0.2, 0.25) is 0 Å². The average molecular weight is 359 g/mol. The Bertz CT molecular complexity index is 926. The van der Waals surface area contributed by atoms with Gasteiger partial charge in [0.25, 0.3) is 0 Å². The quantitative estimate of drug-likeness (QED) is 0.689. The molecule has 0 radical (unpaired) electrons. The van der Waals surface area contributed by atoms with Gasteiger partial charge in [-0.3, -0.25) is 0 Å². The molecule has 27 heavy (non-hydrogen) atoms. The van der Waals surface area contributed by atoms with Crippen molar-refractivity contribution in [3.63, 3.8) is 0 Å². The molecule has 2 amide bonds. The minimum atomic E-state index is -0.219. The van der Waals surface area contributed by atoms with Crippen molar-refractivity contribution >= 4 is 6.03 Å². The number of pyridine rings is 1. The van der Waals surface area contributed by atoms with Crippen LogP contribution in [0.3, 0.4) is 0 Å². The Kier molecular flexibility index (Phi) is 5.85. The van der Waals surface area contributed by atoms with E-state index in [1.807, 2.05) is 55.6 Å². The molecule has 0 bridgehead atoms. The van der Waals surface area contributed by atoms with E-state index >= 15 is 0 Å². The molecule has 0 fully saturated rings. The first-order chi connectivity index (χ1) is 13.2. The third-order valence-electron chi connectivity index (χ3n) is 4.08. The van der Waals surface area contributed by atoms with Crippen LogP contribution in [0.1, 0.15) is 16.7 Å². The SMILES string of the molecule is C#CCN(Cc1ccc(C)cc1)C(=O)NCc1cccnc1-n1cccn1. The molecular weight excluding hydrogens is 338 g/mol. The standard InChI is InChI=1S/C21H21N5O/c1-3-13-25(16-18-9-7-17(2)8-10-18)21(27)23-15-19-6-4-11-22-20(19)26-14-5-12-24-26/h1,4-12,14H,13,15-16H2,2H3,(H,23,27). The normalized spacial score (nSPS) is 10.2. The summed E-state index contributed by atoms with van der Waals surface area (Å²) in [5.41, 5.74) is 3.07. The minimum absolute atomic E-state index is 0.219. The van der Waals surface area contributed by atoms with Gasteiger partial charge in [-0.15, -0.1) is 6.42 Å². The zero-order chi connectivity index (χ0) is 19.1. The number of amides is 2. The number of urea groups is 1. The summed E-state index contributed by atoms with van der Waals surface area (Å²) in [6, 6.07) is 13.4. The summed E-state index contributed by atoms with van der Waals surface area (Å²) in [6.45, 7) is 3.05. The van der Waals surface area contributed by atoms with Crippen LogP contribution in [0.4, 0.5) is 4.79 Å². The summed E-state index contributed by atoms with van der Waals surface area (Å²) < 4.78 is 1.67. The third kappa shape index (κ3) is 4.73. The van der Waals surface area contributed by atoms with Crippen LogP contribution in [0.25, 0.3) is 5.82 Å². The molecule has 0 aliphatic heterocycles. The highest BCUT2D eigenvalue weighted by atomic mass is 16.2. The highest BCUT2D eigenvalue weighted by Gasteiger charge is 2.14. The molecule has 0 saturated carbocycles. The Morgan fingerprint density at radius 2 is 2.04 bits per heavy atom. The second-order valence-electron chi connectivity index (χ2n) is 6.14. The second-order valence-corrected chi connectivity index (χ2v) is 6.14. The lowest BCUT2D eigenvalue weighted by atomic mass is 10.1. The first-order valence-electron chi connectivity index (χ1n) is 8.63. The van der Waals surface area contributed by atoms with E-state index in [2.05, 4.69) is 21.3 Å². The Morgan fingerprint density at radius 3 is 2.74 bits per heavy atom. The van der Waals surface area contributed by atoms with Gasteiger partial charge >= 0.3 is 6.03 Å². The summed E-state index contributed by atoms with van der Waals surface area (Å²) in [4.78, 5) is 18.6. The van der Waals surface area contributed by atoms with E-state index < -0.39 is 0 Å². The van der Waals surface area contributed by atoms with E-state index in [-0.39, 0.29) is 12.6 Å². The molecule has 6 heteroatoms. The Labute approximate surface area is 158 Å². The van der Waals surface area contributed by atoms with Gasteiger partial charge in [0.2, 0.25) is 0 Å². The van der Waals surface area contributed by atoms with E-state index in [4.69, 9.17) is 6.42 Å². The van der Waals surface area contributed by atoms with Gasteiger partial charge < -0.3 is 10.2 Å². The monoisotopic (exact) mass is 359 g/mol. The maximum absolute atomic E-state index is 12.7. The molecule has 0 saturated heterocycles. The number of carbonyl (C=O) groups excluding carboxylic acids is 1. The molecule has 2 heterocycles. The molecule has 0 aliphatic rings. The number of rotatable bonds is 6. The Balaban J connectivity index is 1.68. The molecule has 0 aliphatic carbocycles. The highest BCUT2D eigenvalue weighted by Crippen LogP contribution is 2.11. The van der Waals surface area contributed by atoms with Crippen molar-refractivity contribution in [2.45, 2.75) is 20.0 Å². The highest BCUT2D eigenvalue weighted by molar-refractivity contribution is 5.74. The van der Waals surface area contributed by atoms with Crippen molar-refractivity contribution < 1.29 is 4.79 Å². The van der Waals surface area contributed by atoms with E-state index in [0.717, 1.165) is 11.1 Å². The Hall–Kier alpha value is -3.59. The number of terminal acetylenes is 1. The fourth-order valence-corrected chi connectivity index (χ4v) is 2.67. The molecule has 6 nitrogen and oxygen atoms in total. The zero-order valence-electron chi connectivity index (χ0n) is 15.2. The maximum atomic E-state index is 12.7. The van der Waals surface area contributed by atoms with Crippen LogP contribution < -0.4 is 5.32 Å². The molecule has 3 aromatic rings. The number of nitrogens with one attached hydrogen (secondary N) is 1. The number of benzene rings is 1. The molecule has 3 rings (SSSR count).